The number of nitrogens with zero attached hydrogens (tertiary/aromatic N) is 1. The molecule has 2 heterocycles. The maximum Gasteiger partial charge on any atom is 0.287 e. The van der Waals surface area contributed by atoms with Gasteiger partial charge in [-0.2, -0.15) is 0 Å². The SMILES string of the molecule is O=C(CNC(=O)c1ccco1)NC[C@@H](c1cccc(F)c1)N1CCOCC1. The van der Waals surface area contributed by atoms with Crippen molar-refractivity contribution < 1.29 is 23.1 Å². The average molecular weight is 375 g/mol. The van der Waals surface area contributed by atoms with E-state index >= 15 is 0 Å². The molecule has 0 unspecified atom stereocenters. The highest BCUT2D eigenvalue weighted by Gasteiger charge is 2.23. The highest BCUT2D eigenvalue weighted by atomic mass is 19.1. The van der Waals surface area contributed by atoms with Crippen LogP contribution in [0.2, 0.25) is 0 Å². The second-order valence-corrected chi connectivity index (χ2v) is 6.18. The van der Waals surface area contributed by atoms with E-state index < -0.39 is 5.91 Å². The van der Waals surface area contributed by atoms with Crippen LogP contribution in [0.25, 0.3) is 0 Å². The number of hydrogen-bond donors (Lipinski definition) is 2. The lowest BCUT2D eigenvalue weighted by molar-refractivity contribution is -0.120. The lowest BCUT2D eigenvalue weighted by Crippen LogP contribution is -2.45. The second-order valence-electron chi connectivity index (χ2n) is 6.18. The van der Waals surface area contributed by atoms with Crippen molar-refractivity contribution >= 4 is 11.8 Å². The Hall–Kier alpha value is -2.71. The average Bonchev–Trinajstić information content (AvgIpc) is 3.22. The zero-order chi connectivity index (χ0) is 19.1. The number of carbonyl (C=O) groups is 2. The minimum atomic E-state index is -0.454. The molecule has 8 heteroatoms. The van der Waals surface area contributed by atoms with E-state index in [0.29, 0.717) is 32.8 Å². The minimum Gasteiger partial charge on any atom is -0.459 e. The van der Waals surface area contributed by atoms with Crippen molar-refractivity contribution in [2.24, 2.45) is 0 Å². The molecule has 0 radical (unpaired) electrons. The molecule has 144 valence electrons. The first kappa shape index (κ1) is 19.1. The van der Waals surface area contributed by atoms with Crippen molar-refractivity contribution in [3.8, 4) is 0 Å². The Morgan fingerprint density at radius 3 is 2.67 bits per heavy atom. The molecule has 1 aliphatic heterocycles. The molecule has 0 saturated carbocycles. The summed E-state index contributed by atoms with van der Waals surface area (Å²) >= 11 is 0. The van der Waals surface area contributed by atoms with Crippen LogP contribution in [0, 0.1) is 5.82 Å². The van der Waals surface area contributed by atoms with Crippen LogP contribution >= 0.6 is 0 Å². The van der Waals surface area contributed by atoms with E-state index in [1.807, 2.05) is 6.07 Å². The number of hydrogen-bond acceptors (Lipinski definition) is 5. The molecule has 0 aliphatic carbocycles. The first-order valence-electron chi connectivity index (χ1n) is 8.79. The molecule has 3 rings (SSSR count). The summed E-state index contributed by atoms with van der Waals surface area (Å²) in [7, 11) is 0. The number of nitrogens with one attached hydrogen (secondary N) is 2. The van der Waals surface area contributed by atoms with Crippen LogP contribution in [0.5, 0.6) is 0 Å². The van der Waals surface area contributed by atoms with E-state index in [4.69, 9.17) is 9.15 Å². The summed E-state index contributed by atoms with van der Waals surface area (Å²) in [5.41, 5.74) is 0.789. The minimum absolute atomic E-state index is 0.147. The third kappa shape index (κ3) is 5.38. The zero-order valence-electron chi connectivity index (χ0n) is 14.8. The summed E-state index contributed by atoms with van der Waals surface area (Å²) in [5.74, 6) is -0.953. The Labute approximate surface area is 156 Å². The van der Waals surface area contributed by atoms with E-state index in [-0.39, 0.29) is 30.1 Å². The molecule has 7 nitrogen and oxygen atoms in total. The van der Waals surface area contributed by atoms with Crippen LogP contribution in [0.3, 0.4) is 0 Å². The second kappa shape index (κ2) is 9.29. The van der Waals surface area contributed by atoms with Gasteiger partial charge in [-0.3, -0.25) is 14.5 Å². The number of ether oxygens (including phenoxy) is 1. The van der Waals surface area contributed by atoms with Gasteiger partial charge >= 0.3 is 0 Å². The normalized spacial score (nSPS) is 15.9. The van der Waals surface area contributed by atoms with Crippen molar-refractivity contribution in [3.05, 3.63) is 59.8 Å². The largest absolute Gasteiger partial charge is 0.459 e. The summed E-state index contributed by atoms with van der Waals surface area (Å²) in [5, 5.41) is 5.31. The summed E-state index contributed by atoms with van der Waals surface area (Å²) in [6.07, 6.45) is 1.39. The highest BCUT2D eigenvalue weighted by Crippen LogP contribution is 2.22. The number of halogens is 1. The number of amides is 2. The van der Waals surface area contributed by atoms with E-state index in [9.17, 15) is 14.0 Å². The topological polar surface area (TPSA) is 83.8 Å². The van der Waals surface area contributed by atoms with Crippen LogP contribution < -0.4 is 10.6 Å². The van der Waals surface area contributed by atoms with Crippen LogP contribution in [0.15, 0.2) is 47.1 Å². The van der Waals surface area contributed by atoms with Crippen molar-refractivity contribution in [2.75, 3.05) is 39.4 Å². The molecule has 2 aromatic rings. The molecule has 1 aromatic heterocycles. The van der Waals surface area contributed by atoms with Gasteiger partial charge in [-0.15, -0.1) is 0 Å². The molecule has 2 amide bonds. The molecule has 2 N–H and O–H groups in total. The summed E-state index contributed by atoms with van der Waals surface area (Å²) in [6, 6.07) is 9.31. The van der Waals surface area contributed by atoms with Gasteiger partial charge in [-0.1, -0.05) is 12.1 Å². The molecule has 1 aliphatic rings. The first-order chi connectivity index (χ1) is 13.1. The van der Waals surface area contributed by atoms with Crippen LogP contribution in [0.4, 0.5) is 4.39 Å². The van der Waals surface area contributed by atoms with Crippen molar-refractivity contribution in [1.82, 2.24) is 15.5 Å². The lowest BCUT2D eigenvalue weighted by atomic mass is 10.0. The third-order valence-corrected chi connectivity index (χ3v) is 4.37. The monoisotopic (exact) mass is 375 g/mol. The quantitative estimate of drug-likeness (QED) is 0.763. The Morgan fingerprint density at radius 2 is 1.96 bits per heavy atom. The Morgan fingerprint density at radius 1 is 1.15 bits per heavy atom. The van der Waals surface area contributed by atoms with E-state index in [2.05, 4.69) is 15.5 Å². The van der Waals surface area contributed by atoms with E-state index in [1.54, 1.807) is 12.1 Å². The molecule has 0 spiro atoms. The smallest absolute Gasteiger partial charge is 0.287 e. The van der Waals surface area contributed by atoms with E-state index in [0.717, 1.165) is 5.56 Å². The fourth-order valence-electron chi connectivity index (χ4n) is 2.99. The number of carbonyl (C=O) groups excluding carboxylic acids is 2. The molecule has 1 atom stereocenters. The molecule has 1 saturated heterocycles. The lowest BCUT2D eigenvalue weighted by Gasteiger charge is -2.35. The van der Waals surface area contributed by atoms with E-state index in [1.165, 1.54) is 24.5 Å². The van der Waals surface area contributed by atoms with Gasteiger partial charge in [-0.25, -0.2) is 4.39 Å². The summed E-state index contributed by atoms with van der Waals surface area (Å²) < 4.78 is 24.0. The van der Waals surface area contributed by atoms with Crippen LogP contribution in [0.1, 0.15) is 22.2 Å². The predicted octanol–water partition coefficient (Wildman–Crippen LogP) is 1.34. The fourth-order valence-corrected chi connectivity index (χ4v) is 2.99. The van der Waals surface area contributed by atoms with Crippen molar-refractivity contribution in [1.29, 1.82) is 0 Å². The van der Waals surface area contributed by atoms with Gasteiger partial charge in [0.1, 0.15) is 5.82 Å². The van der Waals surface area contributed by atoms with Crippen molar-refractivity contribution in [3.63, 3.8) is 0 Å². The molecule has 1 aromatic carbocycles. The van der Waals surface area contributed by atoms with Gasteiger partial charge in [-0.05, 0) is 29.8 Å². The Kier molecular flexibility index (Phi) is 6.56. The first-order valence-corrected chi connectivity index (χ1v) is 8.79. The fraction of sp³-hybridized carbons (Fsp3) is 0.368. The number of benzene rings is 1. The zero-order valence-corrected chi connectivity index (χ0v) is 14.8. The molecule has 27 heavy (non-hydrogen) atoms. The number of furan rings is 1. The van der Waals surface area contributed by atoms with Gasteiger partial charge in [0.2, 0.25) is 5.91 Å². The summed E-state index contributed by atoms with van der Waals surface area (Å²) in [4.78, 5) is 26.1. The highest BCUT2D eigenvalue weighted by molar-refractivity contribution is 5.94. The standard InChI is InChI=1S/C19H22FN3O4/c20-15-4-1-3-14(11-15)16(23-6-9-26-10-7-23)12-21-18(24)13-22-19(25)17-5-2-8-27-17/h1-5,8,11,16H,6-7,9-10,12-13H2,(H,21,24)(H,22,25)/t16-/m0/s1. The number of rotatable bonds is 7. The number of morpholine rings is 1. The Balaban J connectivity index is 1.57. The third-order valence-electron chi connectivity index (χ3n) is 4.37. The van der Waals surface area contributed by atoms with Gasteiger partial charge in [0.05, 0.1) is 32.1 Å². The molecule has 0 bridgehead atoms. The van der Waals surface area contributed by atoms with Gasteiger partial charge < -0.3 is 19.8 Å². The van der Waals surface area contributed by atoms with Gasteiger partial charge in [0.25, 0.3) is 5.91 Å². The predicted molar refractivity (Wildman–Crippen MR) is 95.6 cm³/mol. The van der Waals surface area contributed by atoms with Crippen LogP contribution in [-0.4, -0.2) is 56.1 Å². The molecular formula is C19H22FN3O4. The maximum absolute atomic E-state index is 13.7. The summed E-state index contributed by atoms with van der Waals surface area (Å²) in [6.45, 7) is 2.73. The molecule has 1 fully saturated rings. The Bertz CT molecular complexity index is 760. The molecular weight excluding hydrogens is 353 g/mol. The maximum atomic E-state index is 13.7. The van der Waals surface area contributed by atoms with Gasteiger partial charge in [0.15, 0.2) is 5.76 Å². The van der Waals surface area contributed by atoms with Crippen molar-refractivity contribution in [2.45, 2.75) is 6.04 Å². The van der Waals surface area contributed by atoms with Gasteiger partial charge in [0, 0.05) is 19.6 Å². The van der Waals surface area contributed by atoms with Crippen LogP contribution in [-0.2, 0) is 9.53 Å².